The first kappa shape index (κ1) is 15.8. The van der Waals surface area contributed by atoms with Gasteiger partial charge in [0, 0.05) is 5.56 Å². The van der Waals surface area contributed by atoms with Crippen molar-refractivity contribution < 1.29 is 4.42 Å². The first-order valence-electron chi connectivity index (χ1n) is 7.86. The predicted molar refractivity (Wildman–Crippen MR) is 89.6 cm³/mol. The molecule has 2 heteroatoms. The van der Waals surface area contributed by atoms with Crippen molar-refractivity contribution in [2.75, 3.05) is 6.54 Å². The molecule has 0 saturated carbocycles. The van der Waals surface area contributed by atoms with Crippen LogP contribution in [0.2, 0.25) is 0 Å². The molecule has 1 atom stereocenters. The summed E-state index contributed by atoms with van der Waals surface area (Å²) < 4.78 is 5.99. The van der Waals surface area contributed by atoms with E-state index in [1.165, 1.54) is 5.56 Å². The van der Waals surface area contributed by atoms with Gasteiger partial charge in [-0.2, -0.15) is 0 Å². The van der Waals surface area contributed by atoms with Gasteiger partial charge >= 0.3 is 0 Å². The van der Waals surface area contributed by atoms with E-state index >= 15 is 0 Å². The summed E-state index contributed by atoms with van der Waals surface area (Å²) >= 11 is 0. The molecule has 0 radical (unpaired) electrons. The van der Waals surface area contributed by atoms with Crippen LogP contribution in [-0.2, 0) is 5.41 Å². The summed E-state index contributed by atoms with van der Waals surface area (Å²) in [6, 6.07) is 13.1. The monoisotopic (exact) mass is 285 g/mol. The summed E-state index contributed by atoms with van der Waals surface area (Å²) in [5.74, 6) is 1.94. The molecule has 0 fully saturated rings. The molecule has 2 rings (SSSR count). The third-order valence-corrected chi connectivity index (χ3v) is 3.79. The smallest absolute Gasteiger partial charge is 0.134 e. The Morgan fingerprint density at radius 2 is 1.71 bits per heavy atom. The number of hydrogen-bond acceptors (Lipinski definition) is 2. The van der Waals surface area contributed by atoms with Gasteiger partial charge in [0.05, 0.1) is 6.04 Å². The molecule has 1 aromatic heterocycles. The average Bonchev–Trinajstić information content (AvgIpc) is 2.94. The van der Waals surface area contributed by atoms with E-state index in [9.17, 15) is 0 Å². The molecule has 2 aromatic rings. The molecule has 1 heterocycles. The highest BCUT2D eigenvalue weighted by atomic mass is 16.3. The van der Waals surface area contributed by atoms with Crippen LogP contribution in [0.5, 0.6) is 0 Å². The highest BCUT2D eigenvalue weighted by molar-refractivity contribution is 5.58. The van der Waals surface area contributed by atoms with Gasteiger partial charge in [0.15, 0.2) is 0 Å². The minimum atomic E-state index is 0.186. The summed E-state index contributed by atoms with van der Waals surface area (Å²) in [5.41, 5.74) is 2.67. The zero-order chi connectivity index (χ0) is 15.5. The maximum absolute atomic E-state index is 5.99. The summed E-state index contributed by atoms with van der Waals surface area (Å²) in [6.45, 7) is 12.0. The van der Waals surface area contributed by atoms with Gasteiger partial charge in [0.25, 0.3) is 0 Å². The molecule has 21 heavy (non-hydrogen) atoms. The summed E-state index contributed by atoms with van der Waals surface area (Å²) in [5, 5.41) is 3.45. The van der Waals surface area contributed by atoms with Crippen molar-refractivity contribution >= 4 is 0 Å². The van der Waals surface area contributed by atoms with Gasteiger partial charge in [0.2, 0.25) is 0 Å². The van der Waals surface area contributed by atoms with Gasteiger partial charge in [-0.15, -0.1) is 0 Å². The molecule has 0 aliphatic carbocycles. The molecule has 114 valence electrons. The van der Waals surface area contributed by atoms with Gasteiger partial charge in [0.1, 0.15) is 11.5 Å². The maximum Gasteiger partial charge on any atom is 0.134 e. The number of benzene rings is 1. The minimum absolute atomic E-state index is 0.186. The van der Waals surface area contributed by atoms with E-state index in [-0.39, 0.29) is 11.5 Å². The van der Waals surface area contributed by atoms with Crippen LogP contribution in [0.25, 0.3) is 11.3 Å². The standard InChI is InChI=1S/C19H27NO/c1-6-13-20-14(2)17-11-12-18(21-17)15-7-9-16(10-8-15)19(3,4)5/h7-12,14,20H,6,13H2,1-5H3. The SMILES string of the molecule is CCCNC(C)c1ccc(-c2ccc(C(C)(C)C)cc2)o1. The Labute approximate surface area is 128 Å². The first-order chi connectivity index (χ1) is 9.91. The van der Waals surface area contributed by atoms with Crippen molar-refractivity contribution in [2.24, 2.45) is 0 Å². The second kappa shape index (κ2) is 6.48. The van der Waals surface area contributed by atoms with Gasteiger partial charge in [-0.3, -0.25) is 0 Å². The summed E-state index contributed by atoms with van der Waals surface area (Å²) in [7, 11) is 0. The lowest BCUT2D eigenvalue weighted by atomic mass is 9.86. The second-order valence-electron chi connectivity index (χ2n) is 6.71. The lowest BCUT2D eigenvalue weighted by Crippen LogP contribution is -2.18. The van der Waals surface area contributed by atoms with Crippen LogP contribution < -0.4 is 5.32 Å². The van der Waals surface area contributed by atoms with Crippen LogP contribution in [-0.4, -0.2) is 6.54 Å². The Kier molecular flexibility index (Phi) is 4.89. The van der Waals surface area contributed by atoms with Crippen molar-refractivity contribution in [3.63, 3.8) is 0 Å². The highest BCUT2D eigenvalue weighted by Gasteiger charge is 2.14. The lowest BCUT2D eigenvalue weighted by Gasteiger charge is -2.18. The van der Waals surface area contributed by atoms with Gasteiger partial charge in [-0.05, 0) is 43.0 Å². The third kappa shape index (κ3) is 3.98. The normalized spacial score (nSPS) is 13.4. The van der Waals surface area contributed by atoms with Crippen molar-refractivity contribution in [3.8, 4) is 11.3 Å². The van der Waals surface area contributed by atoms with Crippen LogP contribution in [0, 0.1) is 0 Å². The van der Waals surface area contributed by atoms with E-state index in [2.05, 4.69) is 76.3 Å². The molecule has 0 amide bonds. The average molecular weight is 285 g/mol. The fourth-order valence-electron chi connectivity index (χ4n) is 2.34. The molecule has 0 aliphatic heterocycles. The third-order valence-electron chi connectivity index (χ3n) is 3.79. The fourth-order valence-corrected chi connectivity index (χ4v) is 2.34. The number of rotatable bonds is 5. The molecular weight excluding hydrogens is 258 g/mol. The van der Waals surface area contributed by atoms with Crippen LogP contribution in [0.15, 0.2) is 40.8 Å². The zero-order valence-corrected chi connectivity index (χ0v) is 13.9. The topological polar surface area (TPSA) is 25.2 Å². The molecule has 1 N–H and O–H groups in total. The summed E-state index contributed by atoms with van der Waals surface area (Å²) in [6.07, 6.45) is 1.13. The Balaban J connectivity index is 2.14. The van der Waals surface area contributed by atoms with Crippen LogP contribution in [0.1, 0.15) is 58.4 Å². The van der Waals surface area contributed by atoms with E-state index in [4.69, 9.17) is 4.42 Å². The van der Waals surface area contributed by atoms with E-state index in [0.29, 0.717) is 0 Å². The van der Waals surface area contributed by atoms with Crippen molar-refractivity contribution in [3.05, 3.63) is 47.7 Å². The van der Waals surface area contributed by atoms with E-state index in [1.807, 2.05) is 0 Å². The molecule has 0 spiro atoms. The zero-order valence-electron chi connectivity index (χ0n) is 13.9. The quantitative estimate of drug-likeness (QED) is 0.806. The highest BCUT2D eigenvalue weighted by Crippen LogP contribution is 2.28. The van der Waals surface area contributed by atoms with Crippen molar-refractivity contribution in [1.29, 1.82) is 0 Å². The Morgan fingerprint density at radius 3 is 2.29 bits per heavy atom. The number of furan rings is 1. The van der Waals surface area contributed by atoms with E-state index in [1.54, 1.807) is 0 Å². The largest absolute Gasteiger partial charge is 0.459 e. The Morgan fingerprint density at radius 1 is 1.05 bits per heavy atom. The minimum Gasteiger partial charge on any atom is -0.459 e. The second-order valence-corrected chi connectivity index (χ2v) is 6.71. The number of hydrogen-bond donors (Lipinski definition) is 1. The van der Waals surface area contributed by atoms with Crippen molar-refractivity contribution in [1.82, 2.24) is 5.32 Å². The molecule has 2 nitrogen and oxygen atoms in total. The lowest BCUT2D eigenvalue weighted by molar-refractivity contribution is 0.438. The van der Waals surface area contributed by atoms with Gasteiger partial charge in [-0.1, -0.05) is 52.0 Å². The molecule has 0 aliphatic rings. The van der Waals surface area contributed by atoms with Crippen molar-refractivity contribution in [2.45, 2.75) is 52.5 Å². The van der Waals surface area contributed by atoms with Gasteiger partial charge in [-0.25, -0.2) is 0 Å². The molecule has 0 bridgehead atoms. The predicted octanol–water partition coefficient (Wildman–Crippen LogP) is 5.30. The molecule has 1 aromatic carbocycles. The van der Waals surface area contributed by atoms with Crippen LogP contribution in [0.3, 0.4) is 0 Å². The fraction of sp³-hybridized carbons (Fsp3) is 0.474. The number of nitrogens with one attached hydrogen (secondary N) is 1. The maximum atomic E-state index is 5.99. The first-order valence-corrected chi connectivity index (χ1v) is 7.86. The van der Waals surface area contributed by atoms with E-state index in [0.717, 1.165) is 30.0 Å². The van der Waals surface area contributed by atoms with Crippen LogP contribution in [0.4, 0.5) is 0 Å². The Hall–Kier alpha value is -1.54. The molecule has 1 unspecified atom stereocenters. The molecular formula is C19H27NO. The van der Waals surface area contributed by atoms with E-state index < -0.39 is 0 Å². The molecule has 0 saturated heterocycles. The van der Waals surface area contributed by atoms with Crippen LogP contribution >= 0.6 is 0 Å². The van der Waals surface area contributed by atoms with Gasteiger partial charge < -0.3 is 9.73 Å². The Bertz CT molecular complexity index is 560. The summed E-state index contributed by atoms with van der Waals surface area (Å²) in [4.78, 5) is 0.